The highest BCUT2D eigenvalue weighted by molar-refractivity contribution is 6.40. The number of halogens is 2. The van der Waals surface area contributed by atoms with E-state index in [-0.39, 0.29) is 21.2 Å². The molecule has 3 aromatic rings. The maximum atomic E-state index is 12.6. The molecule has 4 nitrogen and oxygen atoms in total. The molecule has 0 atom stereocenters. The molecular weight excluding hydrogens is 397 g/mol. The number of carboxylic acid groups (broad SMARTS) is 1. The molecule has 0 aliphatic rings. The largest absolute Gasteiger partial charge is 0.478 e. The minimum Gasteiger partial charge on any atom is -0.478 e. The van der Waals surface area contributed by atoms with E-state index in [0.29, 0.717) is 5.69 Å². The first-order chi connectivity index (χ1) is 13.5. The molecule has 1 amide bonds. The van der Waals surface area contributed by atoms with Gasteiger partial charge in [-0.25, -0.2) is 4.79 Å². The van der Waals surface area contributed by atoms with Crippen LogP contribution in [-0.4, -0.2) is 17.0 Å². The average Bonchev–Trinajstić information content (AvgIpc) is 2.67. The van der Waals surface area contributed by atoms with Gasteiger partial charge in [-0.3, -0.25) is 4.79 Å². The Morgan fingerprint density at radius 3 is 2.11 bits per heavy atom. The van der Waals surface area contributed by atoms with Crippen molar-refractivity contribution >= 4 is 52.9 Å². The Hall–Kier alpha value is -3.08. The van der Waals surface area contributed by atoms with Crippen LogP contribution >= 0.6 is 23.2 Å². The predicted molar refractivity (Wildman–Crippen MR) is 113 cm³/mol. The van der Waals surface area contributed by atoms with Gasteiger partial charge >= 0.3 is 5.97 Å². The van der Waals surface area contributed by atoms with Crippen LogP contribution in [0.1, 0.15) is 31.8 Å². The summed E-state index contributed by atoms with van der Waals surface area (Å²) in [6.07, 6.45) is 3.67. The normalized spacial score (nSPS) is 10.8. The lowest BCUT2D eigenvalue weighted by Gasteiger charge is -2.11. The van der Waals surface area contributed by atoms with Crippen LogP contribution in [0, 0.1) is 0 Å². The van der Waals surface area contributed by atoms with E-state index in [0.717, 1.165) is 11.1 Å². The molecule has 140 valence electrons. The molecule has 0 aromatic heterocycles. The van der Waals surface area contributed by atoms with E-state index < -0.39 is 11.9 Å². The van der Waals surface area contributed by atoms with E-state index in [4.69, 9.17) is 28.3 Å². The van der Waals surface area contributed by atoms with Crippen molar-refractivity contribution in [2.45, 2.75) is 0 Å². The van der Waals surface area contributed by atoms with Crippen LogP contribution in [0.25, 0.3) is 12.2 Å². The molecule has 0 unspecified atom stereocenters. The van der Waals surface area contributed by atoms with Crippen molar-refractivity contribution in [1.29, 1.82) is 0 Å². The molecule has 3 rings (SSSR count). The molecular formula is C22H15Cl2NO3. The van der Waals surface area contributed by atoms with Crippen LogP contribution in [-0.2, 0) is 0 Å². The van der Waals surface area contributed by atoms with Gasteiger partial charge < -0.3 is 10.4 Å². The van der Waals surface area contributed by atoms with E-state index in [9.17, 15) is 9.59 Å². The lowest BCUT2D eigenvalue weighted by Crippen LogP contribution is -2.13. The van der Waals surface area contributed by atoms with Gasteiger partial charge in [-0.1, -0.05) is 71.8 Å². The molecule has 0 heterocycles. The number of benzene rings is 3. The van der Waals surface area contributed by atoms with Gasteiger partial charge in [0, 0.05) is 5.69 Å². The first-order valence-electron chi connectivity index (χ1n) is 8.31. The number of anilines is 1. The molecule has 2 N–H and O–H groups in total. The third-order valence-corrected chi connectivity index (χ3v) is 4.64. The quantitative estimate of drug-likeness (QED) is 0.497. The van der Waals surface area contributed by atoms with Crippen molar-refractivity contribution in [1.82, 2.24) is 0 Å². The van der Waals surface area contributed by atoms with Crippen LogP contribution in [0.5, 0.6) is 0 Å². The van der Waals surface area contributed by atoms with Crippen LogP contribution in [0.3, 0.4) is 0 Å². The SMILES string of the molecule is O=C(O)c1ccc(C=Cc2ccccc2NC(=O)c2c(Cl)cccc2Cl)cc1. The number of amides is 1. The minimum absolute atomic E-state index is 0.217. The van der Waals surface area contributed by atoms with Crippen molar-refractivity contribution < 1.29 is 14.7 Å². The fourth-order valence-electron chi connectivity index (χ4n) is 2.58. The van der Waals surface area contributed by atoms with E-state index in [2.05, 4.69) is 5.32 Å². The standard InChI is InChI=1S/C22H15Cl2NO3/c23-17-5-3-6-18(24)20(17)21(26)25-19-7-2-1-4-15(19)11-8-14-9-12-16(13-10-14)22(27)28/h1-13H,(H,25,26)(H,27,28). The summed E-state index contributed by atoms with van der Waals surface area (Å²) < 4.78 is 0. The molecule has 0 aliphatic carbocycles. The van der Waals surface area contributed by atoms with Crippen molar-refractivity contribution in [2.24, 2.45) is 0 Å². The zero-order valence-corrected chi connectivity index (χ0v) is 16.0. The summed E-state index contributed by atoms with van der Waals surface area (Å²) in [5.41, 5.74) is 2.65. The second-order valence-corrected chi connectivity index (χ2v) is 6.71. The van der Waals surface area contributed by atoms with E-state index in [1.165, 1.54) is 12.1 Å². The summed E-state index contributed by atoms with van der Waals surface area (Å²) in [7, 11) is 0. The fraction of sp³-hybridized carbons (Fsp3) is 0. The zero-order chi connectivity index (χ0) is 20.1. The third kappa shape index (κ3) is 4.60. The number of hydrogen-bond donors (Lipinski definition) is 2. The van der Waals surface area contributed by atoms with Gasteiger partial charge in [0.1, 0.15) is 0 Å². The number of aromatic carboxylic acids is 1. The third-order valence-electron chi connectivity index (χ3n) is 4.01. The fourth-order valence-corrected chi connectivity index (χ4v) is 3.15. The summed E-state index contributed by atoms with van der Waals surface area (Å²) in [6, 6.07) is 18.7. The summed E-state index contributed by atoms with van der Waals surface area (Å²) in [6.45, 7) is 0. The van der Waals surface area contributed by atoms with Crippen LogP contribution in [0.4, 0.5) is 5.69 Å². The topological polar surface area (TPSA) is 66.4 Å². The minimum atomic E-state index is -0.971. The molecule has 0 bridgehead atoms. The zero-order valence-electron chi connectivity index (χ0n) is 14.5. The van der Waals surface area contributed by atoms with Gasteiger partial charge in [0.15, 0.2) is 0 Å². The molecule has 3 aromatic carbocycles. The van der Waals surface area contributed by atoms with Crippen molar-refractivity contribution in [3.63, 3.8) is 0 Å². The molecule has 0 aliphatic heterocycles. The Morgan fingerprint density at radius 1 is 0.821 bits per heavy atom. The van der Waals surface area contributed by atoms with Gasteiger partial charge in [-0.15, -0.1) is 0 Å². The average molecular weight is 412 g/mol. The number of rotatable bonds is 5. The number of nitrogens with one attached hydrogen (secondary N) is 1. The number of hydrogen-bond acceptors (Lipinski definition) is 2. The highest BCUT2D eigenvalue weighted by atomic mass is 35.5. The van der Waals surface area contributed by atoms with Crippen LogP contribution in [0.15, 0.2) is 66.7 Å². The number of carboxylic acids is 1. The second-order valence-electron chi connectivity index (χ2n) is 5.90. The van der Waals surface area contributed by atoms with Gasteiger partial charge in [0.2, 0.25) is 0 Å². The molecule has 28 heavy (non-hydrogen) atoms. The van der Waals surface area contributed by atoms with Crippen molar-refractivity contribution in [2.75, 3.05) is 5.32 Å². The molecule has 0 radical (unpaired) electrons. The van der Waals surface area contributed by atoms with Crippen molar-refractivity contribution in [3.05, 3.63) is 99.0 Å². The van der Waals surface area contributed by atoms with E-state index in [1.807, 2.05) is 30.4 Å². The Balaban J connectivity index is 1.83. The predicted octanol–water partition coefficient (Wildman–Crippen LogP) is 6.11. The second kappa shape index (κ2) is 8.74. The monoisotopic (exact) mass is 411 g/mol. The summed E-state index contributed by atoms with van der Waals surface area (Å²) in [5.74, 6) is -1.37. The number of carbonyl (C=O) groups is 2. The molecule has 0 saturated carbocycles. The lowest BCUT2D eigenvalue weighted by atomic mass is 10.1. The maximum Gasteiger partial charge on any atom is 0.335 e. The van der Waals surface area contributed by atoms with Gasteiger partial charge in [-0.2, -0.15) is 0 Å². The lowest BCUT2D eigenvalue weighted by molar-refractivity contribution is 0.0696. The smallest absolute Gasteiger partial charge is 0.335 e. The Kier molecular flexibility index (Phi) is 6.14. The summed E-state index contributed by atoms with van der Waals surface area (Å²) in [5, 5.41) is 12.3. The molecule has 6 heteroatoms. The highest BCUT2D eigenvalue weighted by Crippen LogP contribution is 2.26. The molecule has 0 spiro atoms. The Labute approximate surface area is 172 Å². The van der Waals surface area contributed by atoms with Gasteiger partial charge in [0.05, 0.1) is 21.2 Å². The summed E-state index contributed by atoms with van der Waals surface area (Å²) in [4.78, 5) is 23.6. The van der Waals surface area contributed by atoms with E-state index in [1.54, 1.807) is 36.4 Å². The Bertz CT molecular complexity index is 1040. The number of para-hydroxylation sites is 1. The maximum absolute atomic E-state index is 12.6. The molecule has 0 saturated heterocycles. The first-order valence-corrected chi connectivity index (χ1v) is 9.07. The number of carbonyl (C=O) groups excluding carboxylic acids is 1. The summed E-state index contributed by atoms with van der Waals surface area (Å²) >= 11 is 12.2. The van der Waals surface area contributed by atoms with Crippen molar-refractivity contribution in [3.8, 4) is 0 Å². The van der Waals surface area contributed by atoms with Gasteiger partial charge in [0.25, 0.3) is 5.91 Å². The Morgan fingerprint density at radius 2 is 1.46 bits per heavy atom. The van der Waals surface area contributed by atoms with Gasteiger partial charge in [-0.05, 0) is 41.5 Å². The molecule has 0 fully saturated rings. The van der Waals surface area contributed by atoms with E-state index >= 15 is 0 Å². The van der Waals surface area contributed by atoms with Crippen LogP contribution < -0.4 is 5.32 Å². The van der Waals surface area contributed by atoms with Crippen LogP contribution in [0.2, 0.25) is 10.0 Å². The highest BCUT2D eigenvalue weighted by Gasteiger charge is 2.15. The first kappa shape index (κ1) is 19.7.